The molecular weight excluding hydrogens is 239 g/mol. The van der Waals surface area contributed by atoms with Gasteiger partial charge in [-0.2, -0.15) is 0 Å². The van der Waals surface area contributed by atoms with Gasteiger partial charge in [0.1, 0.15) is 5.82 Å². The molecule has 1 aromatic carbocycles. The fraction of sp³-hybridized carbons (Fsp3) is 0.625. The van der Waals surface area contributed by atoms with Crippen LogP contribution in [0.25, 0.3) is 0 Å². The number of hydrogen-bond acceptors (Lipinski definition) is 2. The fourth-order valence-corrected chi connectivity index (χ4v) is 2.80. The first-order chi connectivity index (χ1) is 9.24. The van der Waals surface area contributed by atoms with Gasteiger partial charge in [-0.15, -0.1) is 0 Å². The predicted octanol–water partition coefficient (Wildman–Crippen LogP) is 3.31. The van der Waals surface area contributed by atoms with Crippen LogP contribution in [0.4, 0.5) is 10.1 Å². The maximum absolute atomic E-state index is 14.1. The van der Waals surface area contributed by atoms with E-state index in [2.05, 4.69) is 23.2 Å². The number of halogens is 1. The summed E-state index contributed by atoms with van der Waals surface area (Å²) in [6.45, 7) is 5.08. The van der Waals surface area contributed by atoms with Crippen molar-refractivity contribution < 1.29 is 4.39 Å². The molecule has 1 saturated carbocycles. The van der Waals surface area contributed by atoms with Crippen LogP contribution in [0.1, 0.15) is 38.2 Å². The average molecular weight is 262 g/mol. The molecule has 3 rings (SSSR count). The van der Waals surface area contributed by atoms with Crippen LogP contribution in [0.5, 0.6) is 0 Å². The number of benzene rings is 1. The number of nitrogens with one attached hydrogen (secondary N) is 1. The van der Waals surface area contributed by atoms with Crippen molar-refractivity contribution >= 4 is 5.69 Å². The van der Waals surface area contributed by atoms with E-state index in [1.165, 1.54) is 25.7 Å². The minimum Gasteiger partial charge on any atom is -0.371 e. The molecule has 3 heteroatoms. The molecule has 0 atom stereocenters. The molecular formula is C16H23FN2. The van der Waals surface area contributed by atoms with E-state index >= 15 is 0 Å². The molecule has 1 aromatic rings. The standard InChI is InChI=1S/C16H23FN2/c1-12-7-9-19(10-8-12)16-4-2-3-15(17)14(16)11-18-13-5-6-13/h2-4,12-13,18H,5-11H2,1H3. The van der Waals surface area contributed by atoms with E-state index in [1.54, 1.807) is 6.07 Å². The van der Waals surface area contributed by atoms with Gasteiger partial charge in [0.2, 0.25) is 0 Å². The molecule has 0 unspecified atom stereocenters. The highest BCUT2D eigenvalue weighted by Crippen LogP contribution is 2.29. The Hall–Kier alpha value is -1.09. The third kappa shape index (κ3) is 3.08. The number of hydrogen-bond donors (Lipinski definition) is 1. The Kier molecular flexibility index (Phi) is 3.74. The quantitative estimate of drug-likeness (QED) is 0.895. The van der Waals surface area contributed by atoms with Crippen molar-refractivity contribution in [3.63, 3.8) is 0 Å². The minimum absolute atomic E-state index is 0.0655. The first-order valence-corrected chi connectivity index (χ1v) is 7.50. The number of anilines is 1. The van der Waals surface area contributed by atoms with Crippen molar-refractivity contribution in [2.45, 2.75) is 45.2 Å². The van der Waals surface area contributed by atoms with Gasteiger partial charge in [0.15, 0.2) is 0 Å². The summed E-state index contributed by atoms with van der Waals surface area (Å²) in [6.07, 6.45) is 4.91. The first kappa shape index (κ1) is 12.9. The fourth-order valence-electron chi connectivity index (χ4n) is 2.80. The minimum atomic E-state index is -0.0655. The summed E-state index contributed by atoms with van der Waals surface area (Å²) in [5, 5.41) is 3.44. The number of nitrogens with zero attached hydrogens (tertiary/aromatic N) is 1. The van der Waals surface area contributed by atoms with Crippen LogP contribution in [0, 0.1) is 11.7 Å². The zero-order valence-electron chi connectivity index (χ0n) is 11.7. The summed E-state index contributed by atoms with van der Waals surface area (Å²) in [5.41, 5.74) is 1.95. The van der Waals surface area contributed by atoms with Crippen LogP contribution in [0.3, 0.4) is 0 Å². The van der Waals surface area contributed by atoms with E-state index in [0.29, 0.717) is 12.6 Å². The molecule has 0 bridgehead atoms. The van der Waals surface area contributed by atoms with Gasteiger partial charge < -0.3 is 10.2 Å². The summed E-state index contributed by atoms with van der Waals surface area (Å²) >= 11 is 0. The highest BCUT2D eigenvalue weighted by atomic mass is 19.1. The second-order valence-corrected chi connectivity index (χ2v) is 6.06. The van der Waals surface area contributed by atoms with Crippen LogP contribution in [-0.4, -0.2) is 19.1 Å². The molecule has 104 valence electrons. The smallest absolute Gasteiger partial charge is 0.129 e. The van der Waals surface area contributed by atoms with Crippen LogP contribution in [0.2, 0.25) is 0 Å². The van der Waals surface area contributed by atoms with Crippen LogP contribution in [-0.2, 0) is 6.54 Å². The Labute approximate surface area is 115 Å². The van der Waals surface area contributed by atoms with Crippen LogP contribution < -0.4 is 10.2 Å². The zero-order valence-corrected chi connectivity index (χ0v) is 11.7. The molecule has 0 aromatic heterocycles. The molecule has 1 N–H and O–H groups in total. The summed E-state index contributed by atoms with van der Waals surface area (Å²) in [7, 11) is 0. The van der Waals surface area contributed by atoms with Crippen LogP contribution >= 0.6 is 0 Å². The van der Waals surface area contributed by atoms with Gasteiger partial charge in [0.25, 0.3) is 0 Å². The molecule has 19 heavy (non-hydrogen) atoms. The normalized spacial score (nSPS) is 20.8. The van der Waals surface area contributed by atoms with Gasteiger partial charge in [-0.25, -0.2) is 4.39 Å². The van der Waals surface area contributed by atoms with Gasteiger partial charge in [0, 0.05) is 36.9 Å². The molecule has 2 nitrogen and oxygen atoms in total. The van der Waals surface area contributed by atoms with Crippen molar-refractivity contribution in [3.05, 3.63) is 29.6 Å². The van der Waals surface area contributed by atoms with Crippen molar-refractivity contribution in [2.75, 3.05) is 18.0 Å². The lowest BCUT2D eigenvalue weighted by atomic mass is 9.98. The number of piperidine rings is 1. The van der Waals surface area contributed by atoms with Gasteiger partial charge in [0.05, 0.1) is 0 Å². The molecule has 1 heterocycles. The van der Waals surface area contributed by atoms with Gasteiger partial charge in [-0.1, -0.05) is 13.0 Å². The lowest BCUT2D eigenvalue weighted by Gasteiger charge is -2.33. The van der Waals surface area contributed by atoms with Gasteiger partial charge in [-0.05, 0) is 43.7 Å². The molecule has 2 fully saturated rings. The number of rotatable bonds is 4. The molecule has 0 radical (unpaired) electrons. The van der Waals surface area contributed by atoms with Crippen molar-refractivity contribution in [3.8, 4) is 0 Å². The first-order valence-electron chi connectivity index (χ1n) is 7.50. The maximum atomic E-state index is 14.1. The summed E-state index contributed by atoms with van der Waals surface area (Å²) < 4.78 is 14.1. The SMILES string of the molecule is CC1CCN(c2cccc(F)c2CNC2CC2)CC1. The Morgan fingerprint density at radius 1 is 1.21 bits per heavy atom. The maximum Gasteiger partial charge on any atom is 0.129 e. The second-order valence-electron chi connectivity index (χ2n) is 6.06. The Balaban J connectivity index is 1.76. The van der Waals surface area contributed by atoms with E-state index in [4.69, 9.17) is 0 Å². The third-order valence-corrected chi connectivity index (χ3v) is 4.36. The molecule has 1 aliphatic heterocycles. The van der Waals surface area contributed by atoms with E-state index < -0.39 is 0 Å². The average Bonchev–Trinajstić information content (AvgIpc) is 3.22. The van der Waals surface area contributed by atoms with E-state index in [9.17, 15) is 4.39 Å². The van der Waals surface area contributed by atoms with Crippen molar-refractivity contribution in [2.24, 2.45) is 5.92 Å². The summed E-state index contributed by atoms with van der Waals surface area (Å²) in [4.78, 5) is 2.35. The van der Waals surface area contributed by atoms with E-state index in [-0.39, 0.29) is 5.82 Å². The predicted molar refractivity (Wildman–Crippen MR) is 76.9 cm³/mol. The molecule has 2 aliphatic rings. The molecule has 0 amide bonds. The van der Waals surface area contributed by atoms with Crippen molar-refractivity contribution in [1.29, 1.82) is 0 Å². The Morgan fingerprint density at radius 2 is 1.95 bits per heavy atom. The third-order valence-electron chi connectivity index (χ3n) is 4.36. The summed E-state index contributed by atoms with van der Waals surface area (Å²) in [5.74, 6) is 0.738. The zero-order chi connectivity index (χ0) is 13.2. The van der Waals surface area contributed by atoms with E-state index in [0.717, 1.165) is 30.3 Å². The second kappa shape index (κ2) is 5.49. The monoisotopic (exact) mass is 262 g/mol. The Bertz CT molecular complexity index is 434. The largest absolute Gasteiger partial charge is 0.371 e. The van der Waals surface area contributed by atoms with Gasteiger partial charge in [-0.3, -0.25) is 0 Å². The lowest BCUT2D eigenvalue weighted by Crippen LogP contribution is -2.34. The highest BCUT2D eigenvalue weighted by Gasteiger charge is 2.23. The van der Waals surface area contributed by atoms with E-state index in [1.807, 2.05) is 6.07 Å². The lowest BCUT2D eigenvalue weighted by molar-refractivity contribution is 0.437. The molecule has 1 saturated heterocycles. The van der Waals surface area contributed by atoms with Crippen molar-refractivity contribution in [1.82, 2.24) is 5.32 Å². The topological polar surface area (TPSA) is 15.3 Å². The highest BCUT2D eigenvalue weighted by molar-refractivity contribution is 5.54. The van der Waals surface area contributed by atoms with Crippen LogP contribution in [0.15, 0.2) is 18.2 Å². The Morgan fingerprint density at radius 3 is 2.63 bits per heavy atom. The summed E-state index contributed by atoms with van der Waals surface area (Å²) in [6, 6.07) is 6.11. The molecule has 1 aliphatic carbocycles. The molecule has 0 spiro atoms. The van der Waals surface area contributed by atoms with Gasteiger partial charge >= 0.3 is 0 Å².